The summed E-state index contributed by atoms with van der Waals surface area (Å²) in [5, 5.41) is 1.14. The highest BCUT2D eigenvalue weighted by Crippen LogP contribution is 2.35. The van der Waals surface area contributed by atoms with Crippen LogP contribution in [0.4, 0.5) is 0 Å². The first kappa shape index (κ1) is 14.8. The van der Waals surface area contributed by atoms with Crippen molar-refractivity contribution in [3.05, 3.63) is 35.9 Å². The van der Waals surface area contributed by atoms with E-state index in [2.05, 4.69) is 4.52 Å². The van der Waals surface area contributed by atoms with Crippen LogP contribution in [-0.2, 0) is 25.3 Å². The van der Waals surface area contributed by atoms with Crippen LogP contribution in [-0.4, -0.2) is 34.4 Å². The fourth-order valence-corrected chi connectivity index (χ4v) is 1.47. The van der Waals surface area contributed by atoms with Crippen LogP contribution in [0.15, 0.2) is 30.3 Å². The Balaban J connectivity index is 2.32. The van der Waals surface area contributed by atoms with E-state index in [1.54, 1.807) is 0 Å². The van der Waals surface area contributed by atoms with E-state index >= 15 is 0 Å². The molecule has 0 radical (unpaired) electrons. The van der Waals surface area contributed by atoms with Gasteiger partial charge >= 0.3 is 13.8 Å². The summed E-state index contributed by atoms with van der Waals surface area (Å²) < 4.78 is 14.3. The minimum absolute atomic E-state index is 0.251. The molecule has 1 aromatic rings. The van der Waals surface area contributed by atoms with Crippen LogP contribution < -0.4 is 0 Å². The quantitative estimate of drug-likeness (QED) is 0.582. The van der Waals surface area contributed by atoms with Gasteiger partial charge in [-0.05, 0) is 5.56 Å². The predicted molar refractivity (Wildman–Crippen MR) is 62.0 cm³/mol. The Bertz CT molecular complexity index is 431. The Morgan fingerprint density at radius 2 is 1.94 bits per heavy atom. The summed E-state index contributed by atoms with van der Waals surface area (Å²) in [6.07, 6.45) is 0. The molecule has 0 amide bonds. The SMILES string of the molecule is CN(CC(=O)OP(=O)(O)O)OCc1ccccc1. The molecule has 0 fully saturated rings. The summed E-state index contributed by atoms with van der Waals surface area (Å²) in [5.41, 5.74) is 0.910. The lowest BCUT2D eigenvalue weighted by atomic mass is 10.2. The molecule has 1 rings (SSSR count). The first-order valence-corrected chi connectivity index (χ1v) is 6.56. The molecule has 8 heteroatoms. The number of phosphoric ester groups is 1. The van der Waals surface area contributed by atoms with Gasteiger partial charge in [0, 0.05) is 7.05 Å². The maximum atomic E-state index is 11.0. The third kappa shape index (κ3) is 6.48. The van der Waals surface area contributed by atoms with Gasteiger partial charge in [-0.1, -0.05) is 30.3 Å². The molecule has 0 spiro atoms. The lowest BCUT2D eigenvalue weighted by molar-refractivity contribution is -0.170. The normalized spacial score (nSPS) is 11.6. The van der Waals surface area contributed by atoms with E-state index in [1.165, 1.54) is 7.05 Å². The molecule has 0 unspecified atom stereocenters. The average Bonchev–Trinajstić information content (AvgIpc) is 2.25. The summed E-state index contributed by atoms with van der Waals surface area (Å²) in [5.74, 6) is -1.06. The van der Waals surface area contributed by atoms with Gasteiger partial charge in [-0.15, -0.1) is 0 Å². The van der Waals surface area contributed by atoms with Gasteiger partial charge in [0.05, 0.1) is 6.61 Å². The van der Waals surface area contributed by atoms with Crippen molar-refractivity contribution in [2.45, 2.75) is 6.61 Å². The molecule has 0 heterocycles. The van der Waals surface area contributed by atoms with Crippen molar-refractivity contribution >= 4 is 13.8 Å². The number of nitrogens with zero attached hydrogens (tertiary/aromatic N) is 1. The van der Waals surface area contributed by atoms with Gasteiger partial charge in [0.2, 0.25) is 0 Å². The van der Waals surface area contributed by atoms with Crippen molar-refractivity contribution in [1.29, 1.82) is 0 Å². The molecule has 0 bridgehead atoms. The van der Waals surface area contributed by atoms with Gasteiger partial charge < -0.3 is 4.52 Å². The van der Waals surface area contributed by atoms with E-state index in [1.807, 2.05) is 30.3 Å². The Morgan fingerprint density at radius 3 is 2.50 bits per heavy atom. The predicted octanol–water partition coefficient (Wildman–Crippen LogP) is 0.686. The minimum atomic E-state index is -4.79. The Morgan fingerprint density at radius 1 is 1.33 bits per heavy atom. The minimum Gasteiger partial charge on any atom is -0.370 e. The number of hydroxylamine groups is 2. The maximum absolute atomic E-state index is 11.0. The standard InChI is InChI=1S/C10H14NO6P/c1-11(7-10(12)17-18(13,14)15)16-8-9-5-3-2-4-6-9/h2-6H,7-8H2,1H3,(H2,13,14,15). The lowest BCUT2D eigenvalue weighted by Crippen LogP contribution is -2.27. The molecular formula is C10H14NO6P. The van der Waals surface area contributed by atoms with Crippen LogP contribution in [0, 0.1) is 0 Å². The van der Waals surface area contributed by atoms with E-state index in [0.29, 0.717) is 0 Å². The van der Waals surface area contributed by atoms with E-state index in [9.17, 15) is 9.36 Å². The third-order valence-electron chi connectivity index (χ3n) is 1.87. The number of rotatable bonds is 6. The average molecular weight is 275 g/mol. The van der Waals surface area contributed by atoms with Gasteiger partial charge in [-0.3, -0.25) is 19.4 Å². The second-order valence-electron chi connectivity index (χ2n) is 3.50. The summed E-state index contributed by atoms with van der Waals surface area (Å²) in [6, 6.07) is 9.26. The van der Waals surface area contributed by atoms with E-state index in [0.717, 1.165) is 10.6 Å². The van der Waals surface area contributed by atoms with E-state index in [4.69, 9.17) is 14.6 Å². The summed E-state index contributed by atoms with van der Waals surface area (Å²) in [4.78, 5) is 33.1. The molecule has 1 aromatic carbocycles. The fourth-order valence-electron chi connectivity index (χ4n) is 1.15. The molecule has 0 aliphatic heterocycles. The smallest absolute Gasteiger partial charge is 0.370 e. The summed E-state index contributed by atoms with van der Waals surface area (Å²) >= 11 is 0. The first-order valence-electron chi connectivity index (χ1n) is 5.03. The van der Waals surface area contributed by atoms with Gasteiger partial charge in [0.25, 0.3) is 0 Å². The van der Waals surface area contributed by atoms with Crippen LogP contribution in [0.1, 0.15) is 5.56 Å². The topological polar surface area (TPSA) is 96.3 Å². The van der Waals surface area contributed by atoms with Gasteiger partial charge in [-0.25, -0.2) is 4.57 Å². The first-order chi connectivity index (χ1) is 8.37. The highest BCUT2D eigenvalue weighted by Gasteiger charge is 2.21. The van der Waals surface area contributed by atoms with Crippen molar-refractivity contribution in [2.24, 2.45) is 0 Å². The molecule has 18 heavy (non-hydrogen) atoms. The number of carbonyl (C=O) groups is 1. The zero-order chi connectivity index (χ0) is 13.6. The van der Waals surface area contributed by atoms with Crippen LogP contribution in [0.25, 0.3) is 0 Å². The molecule has 2 N–H and O–H groups in total. The Kier molecular flexibility index (Phi) is 5.46. The molecule has 0 saturated carbocycles. The van der Waals surface area contributed by atoms with Gasteiger partial charge in [0.15, 0.2) is 0 Å². The molecule has 0 saturated heterocycles. The zero-order valence-corrected chi connectivity index (χ0v) is 10.6. The molecule has 0 aliphatic carbocycles. The molecule has 0 aromatic heterocycles. The molecule has 7 nitrogen and oxygen atoms in total. The number of likely N-dealkylation sites (N-methyl/N-ethyl adjacent to an activating group) is 1. The molecular weight excluding hydrogens is 261 g/mol. The van der Waals surface area contributed by atoms with Crippen molar-refractivity contribution < 1.29 is 28.5 Å². The lowest BCUT2D eigenvalue weighted by Gasteiger charge is -2.15. The highest BCUT2D eigenvalue weighted by atomic mass is 31.2. The number of phosphoric acid groups is 1. The van der Waals surface area contributed by atoms with Crippen LogP contribution >= 0.6 is 7.82 Å². The largest absolute Gasteiger partial charge is 0.527 e. The van der Waals surface area contributed by atoms with E-state index in [-0.39, 0.29) is 13.2 Å². The second-order valence-corrected chi connectivity index (χ2v) is 4.66. The van der Waals surface area contributed by atoms with Crippen LogP contribution in [0.3, 0.4) is 0 Å². The van der Waals surface area contributed by atoms with Crippen molar-refractivity contribution in [3.63, 3.8) is 0 Å². The molecule has 0 aliphatic rings. The zero-order valence-electron chi connectivity index (χ0n) is 9.72. The number of benzene rings is 1. The van der Waals surface area contributed by atoms with Crippen molar-refractivity contribution in [3.8, 4) is 0 Å². The molecule has 0 atom stereocenters. The number of hydrogen-bond acceptors (Lipinski definition) is 5. The number of carbonyl (C=O) groups excluding carboxylic acids is 1. The molecule has 100 valence electrons. The van der Waals surface area contributed by atoms with Crippen LogP contribution in [0.2, 0.25) is 0 Å². The van der Waals surface area contributed by atoms with Crippen LogP contribution in [0.5, 0.6) is 0 Å². The summed E-state index contributed by atoms with van der Waals surface area (Å²) in [7, 11) is -3.32. The monoisotopic (exact) mass is 275 g/mol. The van der Waals surface area contributed by atoms with Gasteiger partial charge in [-0.2, -0.15) is 5.06 Å². The number of hydrogen-bond donors (Lipinski definition) is 2. The third-order valence-corrected chi connectivity index (χ3v) is 2.31. The fraction of sp³-hybridized carbons (Fsp3) is 0.300. The maximum Gasteiger partial charge on any atom is 0.527 e. The van der Waals surface area contributed by atoms with Crippen molar-refractivity contribution in [2.75, 3.05) is 13.6 Å². The van der Waals surface area contributed by atoms with E-state index < -0.39 is 13.8 Å². The van der Waals surface area contributed by atoms with Gasteiger partial charge in [0.1, 0.15) is 6.54 Å². The Labute approximate surface area is 104 Å². The summed E-state index contributed by atoms with van der Waals surface area (Å²) in [6.45, 7) is -0.127. The second kappa shape index (κ2) is 6.63. The highest BCUT2D eigenvalue weighted by molar-refractivity contribution is 7.46. The van der Waals surface area contributed by atoms with Crippen molar-refractivity contribution in [1.82, 2.24) is 5.06 Å². The Hall–Kier alpha value is -1.24.